The lowest BCUT2D eigenvalue weighted by atomic mass is 9.93. The van der Waals surface area contributed by atoms with Gasteiger partial charge in [0.25, 0.3) is 0 Å². The van der Waals surface area contributed by atoms with Gasteiger partial charge < -0.3 is 30.2 Å². The molecule has 9 nitrogen and oxygen atoms in total. The Hall–Kier alpha value is -5.67. The lowest BCUT2D eigenvalue weighted by Gasteiger charge is -2.24. The summed E-state index contributed by atoms with van der Waals surface area (Å²) < 4.78 is 11.9. The molecule has 0 bridgehead atoms. The summed E-state index contributed by atoms with van der Waals surface area (Å²) in [7, 11) is 0. The summed E-state index contributed by atoms with van der Waals surface area (Å²) in [6.45, 7) is 0.217. The Morgan fingerprint density at radius 2 is 1.56 bits per heavy atom. The largest absolute Gasteiger partial charge is 0.489 e. The lowest BCUT2D eigenvalue weighted by molar-refractivity contribution is -0.150. The Kier molecular flexibility index (Phi) is 14.3. The number of carbonyl (C=O) groups is 3. The van der Waals surface area contributed by atoms with Crippen LogP contribution in [0.2, 0.25) is 0 Å². The highest BCUT2D eigenvalue weighted by Crippen LogP contribution is 2.23. The number of amides is 2. The number of aromatic nitrogens is 1. The van der Waals surface area contributed by atoms with E-state index in [2.05, 4.69) is 15.6 Å². The number of nitrogens with one attached hydrogen (secondary N) is 3. The number of ether oxygens (including phenoxy) is 2. The maximum absolute atomic E-state index is 14.0. The van der Waals surface area contributed by atoms with Crippen LogP contribution in [0.4, 0.5) is 0 Å². The number of para-hydroxylation sites is 1. The minimum Gasteiger partial charge on any atom is -0.489 e. The first-order chi connectivity index (χ1) is 26.9. The number of esters is 1. The molecule has 286 valence electrons. The Labute approximate surface area is 323 Å². The molecule has 0 aliphatic carbocycles. The van der Waals surface area contributed by atoms with Crippen LogP contribution in [-0.4, -0.2) is 53.2 Å². The topological polar surface area (TPSA) is 130 Å². The molecule has 0 spiro atoms. The molecule has 1 aromatic heterocycles. The second-order valence-electron chi connectivity index (χ2n) is 14.4. The van der Waals surface area contributed by atoms with E-state index in [4.69, 9.17) is 9.47 Å². The molecule has 1 aliphatic heterocycles. The molecule has 2 amide bonds. The first-order valence-electron chi connectivity index (χ1n) is 19.3. The third-order valence-corrected chi connectivity index (χ3v) is 10.1. The molecule has 5 aromatic rings. The van der Waals surface area contributed by atoms with E-state index in [1.165, 1.54) is 0 Å². The monoisotopic (exact) mass is 741 g/mol. The van der Waals surface area contributed by atoms with Gasteiger partial charge in [0.05, 0.1) is 30.5 Å². The molecule has 6 rings (SSSR count). The standard InChI is InChI=1S/C46H51N3O6/c50-30-39(26-34-21-23-41(24-22-34)54-31-35-15-7-4-8-16-35)48-44(51)28-36-17-9-1-2-10-18-37(25-33-13-5-3-6-14-33)46(53)55-32-40(49-45(36)52)27-38-29-47-43-20-12-11-19-42(38)43/h1,3-9,11-16,19-24,29,36-37,39-40,47,50H,2,10,17-18,25-28,30-32H2,(H,48,51)(H,49,52). The molecule has 4 N–H and O–H groups in total. The van der Waals surface area contributed by atoms with Crippen LogP contribution in [0.5, 0.6) is 5.75 Å². The van der Waals surface area contributed by atoms with Crippen molar-refractivity contribution in [2.75, 3.05) is 13.2 Å². The van der Waals surface area contributed by atoms with E-state index in [0.717, 1.165) is 51.7 Å². The fraction of sp³-hybridized carbons (Fsp3) is 0.326. The minimum absolute atomic E-state index is 0.00674. The third-order valence-electron chi connectivity index (χ3n) is 10.1. The molecule has 1 aliphatic rings. The summed E-state index contributed by atoms with van der Waals surface area (Å²) in [5, 5.41) is 17.3. The SMILES string of the molecule is O=C(CC1CC=CCCCC(Cc2ccccc2)C(=O)OCC(Cc2c[nH]c3ccccc23)NC1=O)NC(CO)Cc1ccc(OCc2ccccc2)cc1. The molecule has 55 heavy (non-hydrogen) atoms. The highest BCUT2D eigenvalue weighted by Gasteiger charge is 2.28. The van der Waals surface area contributed by atoms with Crippen LogP contribution in [0, 0.1) is 11.8 Å². The summed E-state index contributed by atoms with van der Waals surface area (Å²) >= 11 is 0. The van der Waals surface area contributed by atoms with E-state index >= 15 is 0 Å². The molecular formula is C46H51N3O6. The van der Waals surface area contributed by atoms with Crippen molar-refractivity contribution in [1.29, 1.82) is 0 Å². The smallest absolute Gasteiger partial charge is 0.309 e. The number of rotatable bonds is 13. The Bertz CT molecular complexity index is 1990. The number of aliphatic hydroxyl groups excluding tert-OH is 1. The molecule has 4 aromatic carbocycles. The van der Waals surface area contributed by atoms with Gasteiger partial charge in [-0.2, -0.15) is 0 Å². The van der Waals surface area contributed by atoms with Gasteiger partial charge in [0.1, 0.15) is 19.0 Å². The Balaban J connectivity index is 1.11. The number of hydrogen-bond donors (Lipinski definition) is 4. The fourth-order valence-electron chi connectivity index (χ4n) is 7.10. The van der Waals surface area contributed by atoms with Crippen LogP contribution in [-0.2, 0) is 45.0 Å². The number of hydrogen-bond acceptors (Lipinski definition) is 6. The maximum Gasteiger partial charge on any atom is 0.309 e. The van der Waals surface area contributed by atoms with Crippen LogP contribution >= 0.6 is 0 Å². The molecule has 0 radical (unpaired) electrons. The van der Waals surface area contributed by atoms with Crippen molar-refractivity contribution >= 4 is 28.7 Å². The van der Waals surface area contributed by atoms with Gasteiger partial charge in [-0.05, 0) is 85.4 Å². The quantitative estimate of drug-likeness (QED) is 0.0758. The molecule has 4 unspecified atom stereocenters. The van der Waals surface area contributed by atoms with Crippen molar-refractivity contribution in [3.05, 3.63) is 150 Å². The zero-order chi connectivity index (χ0) is 38.2. The van der Waals surface area contributed by atoms with Gasteiger partial charge in [0.2, 0.25) is 11.8 Å². The van der Waals surface area contributed by atoms with Gasteiger partial charge in [-0.25, -0.2) is 0 Å². The van der Waals surface area contributed by atoms with Crippen molar-refractivity contribution in [3.8, 4) is 5.75 Å². The minimum atomic E-state index is -0.661. The van der Waals surface area contributed by atoms with E-state index in [-0.39, 0.29) is 43.3 Å². The Morgan fingerprint density at radius 1 is 0.836 bits per heavy atom. The van der Waals surface area contributed by atoms with Gasteiger partial charge >= 0.3 is 5.97 Å². The predicted molar refractivity (Wildman–Crippen MR) is 214 cm³/mol. The summed E-state index contributed by atoms with van der Waals surface area (Å²) in [4.78, 5) is 44.3. The number of H-pyrrole nitrogens is 1. The highest BCUT2D eigenvalue weighted by molar-refractivity contribution is 5.87. The summed E-state index contributed by atoms with van der Waals surface area (Å²) in [6, 6.07) is 34.4. The average molecular weight is 742 g/mol. The van der Waals surface area contributed by atoms with Gasteiger partial charge in [0.15, 0.2) is 0 Å². The number of benzene rings is 4. The molecule has 2 heterocycles. The van der Waals surface area contributed by atoms with Crippen molar-refractivity contribution < 1.29 is 29.0 Å². The maximum atomic E-state index is 14.0. The zero-order valence-electron chi connectivity index (χ0n) is 31.2. The number of aliphatic hydroxyl groups is 1. The highest BCUT2D eigenvalue weighted by atomic mass is 16.5. The summed E-state index contributed by atoms with van der Waals surface area (Å²) in [5.74, 6) is -1.11. The van der Waals surface area contributed by atoms with Gasteiger partial charge in [-0.1, -0.05) is 103 Å². The van der Waals surface area contributed by atoms with Crippen LogP contribution in [0.15, 0.2) is 128 Å². The van der Waals surface area contributed by atoms with Crippen molar-refractivity contribution in [2.24, 2.45) is 11.8 Å². The number of carbonyl (C=O) groups excluding carboxylic acids is 3. The normalized spacial score (nSPS) is 18.8. The lowest BCUT2D eigenvalue weighted by Crippen LogP contribution is -2.45. The fourth-order valence-corrected chi connectivity index (χ4v) is 7.10. The van der Waals surface area contributed by atoms with E-state index in [9.17, 15) is 19.5 Å². The van der Waals surface area contributed by atoms with Crippen LogP contribution in [0.25, 0.3) is 10.9 Å². The van der Waals surface area contributed by atoms with Crippen molar-refractivity contribution in [3.63, 3.8) is 0 Å². The number of allylic oxidation sites excluding steroid dienone is 2. The second-order valence-corrected chi connectivity index (χ2v) is 14.4. The summed E-state index contributed by atoms with van der Waals surface area (Å²) in [5.41, 5.74) is 5.07. The first-order valence-corrected chi connectivity index (χ1v) is 19.3. The summed E-state index contributed by atoms with van der Waals surface area (Å²) in [6.07, 6.45) is 9.89. The van der Waals surface area contributed by atoms with Crippen molar-refractivity contribution in [1.82, 2.24) is 15.6 Å². The molecule has 0 saturated carbocycles. The number of cyclic esters (lactones) is 1. The van der Waals surface area contributed by atoms with Gasteiger partial charge in [-0.15, -0.1) is 0 Å². The van der Waals surface area contributed by atoms with Crippen LogP contribution < -0.4 is 15.4 Å². The Morgan fingerprint density at radius 3 is 2.33 bits per heavy atom. The van der Waals surface area contributed by atoms with E-state index in [1.807, 2.05) is 128 Å². The van der Waals surface area contributed by atoms with Crippen LogP contribution in [0.1, 0.15) is 54.4 Å². The molecule has 9 heteroatoms. The van der Waals surface area contributed by atoms with E-state index < -0.39 is 18.0 Å². The zero-order valence-corrected chi connectivity index (χ0v) is 31.2. The first kappa shape index (κ1) is 39.0. The van der Waals surface area contributed by atoms with E-state index in [1.54, 1.807) is 0 Å². The van der Waals surface area contributed by atoms with Crippen LogP contribution in [0.3, 0.4) is 0 Å². The average Bonchev–Trinajstić information content (AvgIpc) is 3.62. The molecular weight excluding hydrogens is 691 g/mol. The third kappa shape index (κ3) is 11.9. The second kappa shape index (κ2) is 20.1. The van der Waals surface area contributed by atoms with Gasteiger partial charge in [0, 0.05) is 23.5 Å². The predicted octanol–water partition coefficient (Wildman–Crippen LogP) is 7.03. The van der Waals surface area contributed by atoms with E-state index in [0.29, 0.717) is 38.7 Å². The molecule has 4 atom stereocenters. The van der Waals surface area contributed by atoms with Crippen molar-refractivity contribution in [2.45, 2.75) is 70.1 Å². The van der Waals surface area contributed by atoms with Gasteiger partial charge in [-0.3, -0.25) is 14.4 Å². The molecule has 0 saturated heterocycles. The number of aromatic amines is 1. The molecule has 0 fully saturated rings. The number of fused-ring (bicyclic) bond motifs is 1.